The van der Waals surface area contributed by atoms with E-state index in [-0.39, 0.29) is 17.4 Å². The van der Waals surface area contributed by atoms with Crippen LogP contribution in [0.2, 0.25) is 0 Å². The predicted octanol–water partition coefficient (Wildman–Crippen LogP) is 0.594. The molecule has 0 fully saturated rings. The molecule has 0 bridgehead atoms. The van der Waals surface area contributed by atoms with Gasteiger partial charge in [0.1, 0.15) is 6.54 Å². The average molecular weight is 286 g/mol. The standard InChI is InChI=1S/C12H18N2O4S/c1-4-18-12(15)9-14(3)10-5-7-11(8-6-10)19(16,17)13-2/h5-8,13H,4,9H2,1-3H3. The Morgan fingerprint density at radius 1 is 1.32 bits per heavy atom. The van der Waals surface area contributed by atoms with Crippen LogP contribution < -0.4 is 9.62 Å². The summed E-state index contributed by atoms with van der Waals surface area (Å²) in [6.07, 6.45) is 0. The van der Waals surface area contributed by atoms with Crippen LogP contribution in [0.15, 0.2) is 29.2 Å². The zero-order chi connectivity index (χ0) is 14.5. The van der Waals surface area contributed by atoms with Crippen LogP contribution in [-0.2, 0) is 19.6 Å². The summed E-state index contributed by atoms with van der Waals surface area (Å²) < 4.78 is 30.2. The lowest BCUT2D eigenvalue weighted by Crippen LogP contribution is -2.27. The highest BCUT2D eigenvalue weighted by atomic mass is 32.2. The molecule has 0 aromatic heterocycles. The van der Waals surface area contributed by atoms with E-state index in [1.165, 1.54) is 19.2 Å². The van der Waals surface area contributed by atoms with E-state index in [1.54, 1.807) is 31.0 Å². The second-order valence-electron chi connectivity index (χ2n) is 3.86. The fourth-order valence-electron chi connectivity index (χ4n) is 1.49. The number of nitrogens with one attached hydrogen (secondary N) is 1. The van der Waals surface area contributed by atoms with Crippen LogP contribution in [0.3, 0.4) is 0 Å². The minimum atomic E-state index is -3.43. The second kappa shape index (κ2) is 6.53. The summed E-state index contributed by atoms with van der Waals surface area (Å²) in [5.41, 5.74) is 0.739. The first-order chi connectivity index (χ1) is 8.90. The Hall–Kier alpha value is -1.60. The molecule has 0 radical (unpaired) electrons. The number of carbonyl (C=O) groups is 1. The van der Waals surface area contributed by atoms with Crippen molar-refractivity contribution in [2.45, 2.75) is 11.8 Å². The number of rotatable bonds is 6. The van der Waals surface area contributed by atoms with Gasteiger partial charge in [-0.15, -0.1) is 0 Å². The number of hydrogen-bond donors (Lipinski definition) is 1. The molecule has 0 aliphatic rings. The van der Waals surface area contributed by atoms with Gasteiger partial charge in [0, 0.05) is 12.7 Å². The van der Waals surface area contributed by atoms with Crippen molar-refractivity contribution in [1.82, 2.24) is 4.72 Å². The SMILES string of the molecule is CCOC(=O)CN(C)c1ccc(S(=O)(=O)NC)cc1. The van der Waals surface area contributed by atoms with Crippen molar-refractivity contribution in [3.8, 4) is 0 Å². The number of hydrogen-bond acceptors (Lipinski definition) is 5. The van der Waals surface area contributed by atoms with Gasteiger partial charge < -0.3 is 9.64 Å². The Morgan fingerprint density at radius 2 is 1.89 bits per heavy atom. The van der Waals surface area contributed by atoms with Gasteiger partial charge in [-0.05, 0) is 38.2 Å². The minimum absolute atomic E-state index is 0.117. The molecule has 1 rings (SSSR count). The zero-order valence-electron chi connectivity index (χ0n) is 11.2. The average Bonchev–Trinajstić information content (AvgIpc) is 2.39. The van der Waals surface area contributed by atoms with Gasteiger partial charge in [-0.25, -0.2) is 13.1 Å². The first-order valence-corrected chi connectivity index (χ1v) is 7.29. The van der Waals surface area contributed by atoms with Crippen LogP contribution in [0.5, 0.6) is 0 Å². The second-order valence-corrected chi connectivity index (χ2v) is 5.75. The van der Waals surface area contributed by atoms with Crippen molar-refractivity contribution in [2.24, 2.45) is 0 Å². The van der Waals surface area contributed by atoms with E-state index < -0.39 is 10.0 Å². The molecule has 0 atom stereocenters. The van der Waals surface area contributed by atoms with Crippen LogP contribution in [0.25, 0.3) is 0 Å². The first kappa shape index (κ1) is 15.5. The lowest BCUT2D eigenvalue weighted by atomic mass is 10.3. The topological polar surface area (TPSA) is 75.7 Å². The van der Waals surface area contributed by atoms with E-state index in [0.717, 1.165) is 5.69 Å². The molecular formula is C12H18N2O4S. The van der Waals surface area contributed by atoms with Crippen molar-refractivity contribution < 1.29 is 17.9 Å². The molecule has 0 saturated heterocycles. The third-order valence-electron chi connectivity index (χ3n) is 2.53. The fraction of sp³-hybridized carbons (Fsp3) is 0.417. The molecule has 0 aliphatic heterocycles. The van der Waals surface area contributed by atoms with Crippen LogP contribution in [0.1, 0.15) is 6.92 Å². The van der Waals surface area contributed by atoms with Crippen molar-refractivity contribution in [3.05, 3.63) is 24.3 Å². The van der Waals surface area contributed by atoms with E-state index >= 15 is 0 Å². The van der Waals surface area contributed by atoms with E-state index in [4.69, 9.17) is 4.74 Å². The lowest BCUT2D eigenvalue weighted by molar-refractivity contribution is -0.141. The predicted molar refractivity (Wildman–Crippen MR) is 72.6 cm³/mol. The number of sulfonamides is 1. The molecule has 7 heteroatoms. The summed E-state index contributed by atoms with van der Waals surface area (Å²) in [6.45, 7) is 2.20. The molecule has 0 unspecified atom stereocenters. The quantitative estimate of drug-likeness (QED) is 0.775. The number of likely N-dealkylation sites (N-methyl/N-ethyl adjacent to an activating group) is 1. The molecule has 1 N–H and O–H groups in total. The van der Waals surface area contributed by atoms with Gasteiger partial charge >= 0.3 is 5.97 Å². The summed E-state index contributed by atoms with van der Waals surface area (Å²) in [7, 11) is -0.341. The van der Waals surface area contributed by atoms with Gasteiger partial charge in [-0.2, -0.15) is 0 Å². The normalized spacial score (nSPS) is 11.1. The summed E-state index contributed by atoms with van der Waals surface area (Å²) in [6, 6.07) is 6.26. The highest BCUT2D eigenvalue weighted by molar-refractivity contribution is 7.89. The molecule has 106 valence electrons. The Kier molecular flexibility index (Phi) is 5.31. The van der Waals surface area contributed by atoms with Crippen molar-refractivity contribution in [1.29, 1.82) is 0 Å². The summed E-state index contributed by atoms with van der Waals surface area (Å²) in [5, 5.41) is 0. The maximum Gasteiger partial charge on any atom is 0.325 e. The van der Waals surface area contributed by atoms with Crippen LogP contribution >= 0.6 is 0 Å². The maximum absolute atomic E-state index is 11.5. The van der Waals surface area contributed by atoms with Gasteiger partial charge in [0.2, 0.25) is 10.0 Å². The Bertz CT molecular complexity index is 525. The summed E-state index contributed by atoms with van der Waals surface area (Å²) >= 11 is 0. The lowest BCUT2D eigenvalue weighted by Gasteiger charge is -2.18. The van der Waals surface area contributed by atoms with Crippen molar-refractivity contribution >= 4 is 21.7 Å². The monoisotopic (exact) mass is 286 g/mol. The molecule has 0 spiro atoms. The van der Waals surface area contributed by atoms with Gasteiger partial charge in [-0.3, -0.25) is 4.79 Å². The smallest absolute Gasteiger partial charge is 0.325 e. The third-order valence-corrected chi connectivity index (χ3v) is 3.96. The number of benzene rings is 1. The van der Waals surface area contributed by atoms with Gasteiger partial charge in [-0.1, -0.05) is 0 Å². The fourth-order valence-corrected chi connectivity index (χ4v) is 2.22. The van der Waals surface area contributed by atoms with E-state index in [2.05, 4.69) is 4.72 Å². The highest BCUT2D eigenvalue weighted by Gasteiger charge is 2.12. The van der Waals surface area contributed by atoms with Crippen LogP contribution in [0, 0.1) is 0 Å². The Balaban J connectivity index is 2.79. The number of anilines is 1. The number of esters is 1. The molecule has 0 aliphatic carbocycles. The molecule has 1 aromatic carbocycles. The van der Waals surface area contributed by atoms with E-state index in [9.17, 15) is 13.2 Å². The van der Waals surface area contributed by atoms with Gasteiger partial charge in [0.15, 0.2) is 0 Å². The maximum atomic E-state index is 11.5. The summed E-state index contributed by atoms with van der Waals surface area (Å²) in [4.78, 5) is 13.2. The van der Waals surface area contributed by atoms with Crippen LogP contribution in [0.4, 0.5) is 5.69 Å². The number of ether oxygens (including phenoxy) is 1. The Labute approximate surface area is 113 Å². The minimum Gasteiger partial charge on any atom is -0.465 e. The van der Waals surface area contributed by atoms with Gasteiger partial charge in [0.05, 0.1) is 11.5 Å². The number of carbonyl (C=O) groups excluding carboxylic acids is 1. The van der Waals surface area contributed by atoms with Crippen molar-refractivity contribution in [3.63, 3.8) is 0 Å². The zero-order valence-corrected chi connectivity index (χ0v) is 12.0. The van der Waals surface area contributed by atoms with Crippen molar-refractivity contribution in [2.75, 3.05) is 32.1 Å². The van der Waals surface area contributed by atoms with E-state index in [1.807, 2.05) is 0 Å². The Morgan fingerprint density at radius 3 is 2.37 bits per heavy atom. The highest BCUT2D eigenvalue weighted by Crippen LogP contribution is 2.16. The molecule has 0 amide bonds. The van der Waals surface area contributed by atoms with Gasteiger partial charge in [0.25, 0.3) is 0 Å². The third kappa shape index (κ3) is 4.22. The molecule has 19 heavy (non-hydrogen) atoms. The number of nitrogens with zero attached hydrogens (tertiary/aromatic N) is 1. The molecular weight excluding hydrogens is 268 g/mol. The molecule has 0 heterocycles. The molecule has 0 saturated carbocycles. The first-order valence-electron chi connectivity index (χ1n) is 5.81. The molecule has 6 nitrogen and oxygen atoms in total. The van der Waals surface area contributed by atoms with Crippen LogP contribution in [-0.4, -0.2) is 41.6 Å². The largest absolute Gasteiger partial charge is 0.465 e. The van der Waals surface area contributed by atoms with E-state index in [0.29, 0.717) is 6.61 Å². The molecule has 1 aromatic rings. The summed E-state index contributed by atoms with van der Waals surface area (Å²) in [5.74, 6) is -0.322.